The van der Waals surface area contributed by atoms with Crippen molar-refractivity contribution in [1.29, 1.82) is 0 Å². The van der Waals surface area contributed by atoms with Gasteiger partial charge in [0.1, 0.15) is 0 Å². The lowest BCUT2D eigenvalue weighted by Gasteiger charge is -2.20. The van der Waals surface area contributed by atoms with Gasteiger partial charge >= 0.3 is 0 Å². The molecule has 0 atom stereocenters. The largest absolute Gasteiger partial charge is 0.306 e. The quantitative estimate of drug-likeness (QED) is 0.716. The van der Waals surface area contributed by atoms with E-state index in [-0.39, 0.29) is 0 Å². The van der Waals surface area contributed by atoms with E-state index in [4.69, 9.17) is 0 Å². The Bertz CT molecular complexity index is 430. The normalized spacial score (nSPS) is 10.9. The van der Waals surface area contributed by atoms with E-state index in [1.807, 2.05) is 11.8 Å². The van der Waals surface area contributed by atoms with Gasteiger partial charge in [0.2, 0.25) is 0 Å². The maximum atomic E-state index is 3.70. The van der Waals surface area contributed by atoms with Crippen molar-refractivity contribution in [1.82, 2.24) is 5.32 Å². The summed E-state index contributed by atoms with van der Waals surface area (Å²) in [5, 5.41) is 3.70. The summed E-state index contributed by atoms with van der Waals surface area (Å²) in [6.07, 6.45) is 4.69. The second-order valence-electron chi connectivity index (χ2n) is 4.91. The lowest BCUT2D eigenvalue weighted by atomic mass is 9.98. The fourth-order valence-electron chi connectivity index (χ4n) is 2.34. The van der Waals surface area contributed by atoms with E-state index in [1.165, 1.54) is 29.7 Å². The summed E-state index contributed by atoms with van der Waals surface area (Å²) in [5.41, 5.74) is 2.67. The summed E-state index contributed by atoms with van der Waals surface area (Å²) in [6, 6.07) is 21.7. The number of nitrogens with one attached hydrogen (secondary N) is 1. The maximum absolute atomic E-state index is 3.70. The summed E-state index contributed by atoms with van der Waals surface area (Å²) < 4.78 is 0. The van der Waals surface area contributed by atoms with Crippen LogP contribution in [0.25, 0.3) is 0 Å². The molecule has 2 rings (SSSR count). The zero-order chi connectivity index (χ0) is 14.0. The van der Waals surface area contributed by atoms with Crippen LogP contribution in [0.3, 0.4) is 0 Å². The van der Waals surface area contributed by atoms with E-state index < -0.39 is 0 Å². The Hall–Kier alpha value is -1.25. The highest BCUT2D eigenvalue weighted by Crippen LogP contribution is 2.21. The van der Waals surface area contributed by atoms with E-state index in [1.54, 1.807) is 0 Å². The summed E-state index contributed by atoms with van der Waals surface area (Å²) in [4.78, 5) is 0. The summed E-state index contributed by atoms with van der Waals surface area (Å²) in [7, 11) is 0. The van der Waals surface area contributed by atoms with Gasteiger partial charge in [-0.05, 0) is 42.5 Å². The van der Waals surface area contributed by atoms with Gasteiger partial charge in [-0.3, -0.25) is 0 Å². The molecule has 0 radical (unpaired) electrons. The Morgan fingerprint density at radius 1 is 0.850 bits per heavy atom. The monoisotopic (exact) mass is 285 g/mol. The second-order valence-corrected chi connectivity index (χ2v) is 5.89. The Morgan fingerprint density at radius 3 is 1.90 bits per heavy atom. The van der Waals surface area contributed by atoms with Gasteiger partial charge in [-0.25, -0.2) is 0 Å². The first-order valence-corrected chi connectivity index (χ1v) is 8.63. The van der Waals surface area contributed by atoms with Gasteiger partial charge < -0.3 is 5.32 Å². The minimum absolute atomic E-state index is 0.298. The average Bonchev–Trinajstić information content (AvgIpc) is 2.53. The van der Waals surface area contributed by atoms with E-state index in [0.717, 1.165) is 6.54 Å². The summed E-state index contributed by atoms with van der Waals surface area (Å²) in [6.45, 7) is 1.06. The van der Waals surface area contributed by atoms with Crippen LogP contribution in [0.5, 0.6) is 0 Å². The van der Waals surface area contributed by atoms with Crippen LogP contribution in [-0.4, -0.2) is 18.6 Å². The van der Waals surface area contributed by atoms with Gasteiger partial charge in [0.15, 0.2) is 0 Å². The van der Waals surface area contributed by atoms with Crippen LogP contribution in [-0.2, 0) is 0 Å². The smallest absolute Gasteiger partial charge is 0.0576 e. The van der Waals surface area contributed by atoms with Crippen molar-refractivity contribution in [3.63, 3.8) is 0 Å². The zero-order valence-corrected chi connectivity index (χ0v) is 12.9. The molecule has 0 saturated heterocycles. The molecule has 20 heavy (non-hydrogen) atoms. The van der Waals surface area contributed by atoms with E-state index >= 15 is 0 Å². The van der Waals surface area contributed by atoms with Gasteiger partial charge in [0.25, 0.3) is 0 Å². The first-order chi connectivity index (χ1) is 9.92. The van der Waals surface area contributed by atoms with E-state index in [0.29, 0.717) is 6.04 Å². The number of hydrogen-bond donors (Lipinski definition) is 1. The maximum Gasteiger partial charge on any atom is 0.0576 e. The van der Waals surface area contributed by atoms with Crippen LogP contribution in [0.2, 0.25) is 0 Å². The number of unbranched alkanes of at least 4 members (excludes halogenated alkanes) is 1. The highest BCUT2D eigenvalue weighted by atomic mass is 32.2. The summed E-state index contributed by atoms with van der Waals surface area (Å²) >= 11 is 1.93. The Labute approximate surface area is 126 Å². The highest BCUT2D eigenvalue weighted by Gasteiger charge is 2.12. The molecule has 2 heteroatoms. The molecule has 1 N–H and O–H groups in total. The number of thioether (sulfide) groups is 1. The lowest BCUT2D eigenvalue weighted by Crippen LogP contribution is -2.23. The minimum Gasteiger partial charge on any atom is -0.306 e. The molecule has 0 saturated carbocycles. The van der Waals surface area contributed by atoms with Crippen LogP contribution in [0.15, 0.2) is 60.7 Å². The number of hydrogen-bond acceptors (Lipinski definition) is 2. The molecule has 0 heterocycles. The molecule has 1 nitrogen and oxygen atoms in total. The fourth-order valence-corrected chi connectivity index (χ4v) is 2.83. The second kappa shape index (κ2) is 8.83. The fraction of sp³-hybridized carbons (Fsp3) is 0.333. The van der Waals surface area contributed by atoms with Crippen LogP contribution < -0.4 is 5.32 Å². The third kappa shape index (κ3) is 4.69. The van der Waals surface area contributed by atoms with Gasteiger partial charge in [-0.1, -0.05) is 60.7 Å². The van der Waals surface area contributed by atoms with Crippen LogP contribution in [0.1, 0.15) is 30.0 Å². The van der Waals surface area contributed by atoms with Crippen molar-refractivity contribution >= 4 is 11.8 Å². The molecule has 0 aromatic heterocycles. The van der Waals surface area contributed by atoms with Gasteiger partial charge in [0, 0.05) is 0 Å². The molecule has 106 valence electrons. The molecule has 0 unspecified atom stereocenters. The molecule has 0 fully saturated rings. The van der Waals surface area contributed by atoms with Gasteiger partial charge in [-0.15, -0.1) is 0 Å². The van der Waals surface area contributed by atoms with Crippen molar-refractivity contribution in [3.05, 3.63) is 71.8 Å². The Kier molecular flexibility index (Phi) is 6.69. The number of rotatable bonds is 8. The first kappa shape index (κ1) is 15.1. The number of benzene rings is 2. The molecule has 2 aromatic rings. The van der Waals surface area contributed by atoms with Crippen molar-refractivity contribution in [2.75, 3.05) is 18.6 Å². The van der Waals surface area contributed by atoms with Crippen LogP contribution in [0, 0.1) is 0 Å². The Balaban J connectivity index is 2.02. The molecule has 0 amide bonds. The predicted octanol–water partition coefficient (Wildman–Crippen LogP) is 4.51. The molecule has 2 aromatic carbocycles. The summed E-state index contributed by atoms with van der Waals surface area (Å²) in [5.74, 6) is 1.25. The first-order valence-electron chi connectivity index (χ1n) is 7.24. The standard InChI is InChI=1S/C18H23NS/c1-20-15-9-8-14-19-18(16-10-4-2-5-11-16)17-12-6-3-7-13-17/h2-7,10-13,18-19H,8-9,14-15H2,1H3. The van der Waals surface area contributed by atoms with E-state index in [9.17, 15) is 0 Å². The van der Waals surface area contributed by atoms with Crippen molar-refractivity contribution in [3.8, 4) is 0 Å². The topological polar surface area (TPSA) is 12.0 Å². The molecular formula is C18H23NS. The lowest BCUT2D eigenvalue weighted by molar-refractivity contribution is 0.580. The van der Waals surface area contributed by atoms with E-state index in [2.05, 4.69) is 72.2 Å². The van der Waals surface area contributed by atoms with Gasteiger partial charge in [-0.2, -0.15) is 11.8 Å². The molecule has 0 spiro atoms. The zero-order valence-electron chi connectivity index (χ0n) is 12.1. The molecule has 0 aliphatic rings. The third-order valence-electron chi connectivity index (χ3n) is 3.39. The highest BCUT2D eigenvalue weighted by molar-refractivity contribution is 7.98. The van der Waals surface area contributed by atoms with Gasteiger partial charge in [0.05, 0.1) is 6.04 Å². The molecule has 0 bridgehead atoms. The predicted molar refractivity (Wildman–Crippen MR) is 90.3 cm³/mol. The van der Waals surface area contributed by atoms with Crippen molar-refractivity contribution in [2.45, 2.75) is 18.9 Å². The average molecular weight is 285 g/mol. The van der Waals surface area contributed by atoms with Crippen molar-refractivity contribution < 1.29 is 0 Å². The van der Waals surface area contributed by atoms with Crippen LogP contribution in [0.4, 0.5) is 0 Å². The molecule has 0 aliphatic heterocycles. The van der Waals surface area contributed by atoms with Crippen LogP contribution >= 0.6 is 11.8 Å². The third-order valence-corrected chi connectivity index (χ3v) is 4.09. The SMILES string of the molecule is CSCCCCNC(c1ccccc1)c1ccccc1. The minimum atomic E-state index is 0.298. The van der Waals surface area contributed by atoms with Crippen molar-refractivity contribution in [2.24, 2.45) is 0 Å². The molecule has 0 aliphatic carbocycles. The molecular weight excluding hydrogens is 262 g/mol. The Morgan fingerprint density at radius 2 is 1.40 bits per heavy atom.